The van der Waals surface area contributed by atoms with E-state index in [2.05, 4.69) is 61.9 Å². The van der Waals surface area contributed by atoms with E-state index in [4.69, 9.17) is 0 Å². The Morgan fingerprint density at radius 2 is 1.95 bits per heavy atom. The maximum Gasteiger partial charge on any atom is 0.282 e. The Morgan fingerprint density at radius 3 is 2.66 bits per heavy atom. The zero-order chi connectivity index (χ0) is 26.7. The predicted molar refractivity (Wildman–Crippen MR) is 149 cm³/mol. The Hall–Kier alpha value is -3.85. The Kier molecular flexibility index (Phi) is 7.37. The third-order valence-corrected chi connectivity index (χ3v) is 7.05. The van der Waals surface area contributed by atoms with Gasteiger partial charge in [0.15, 0.2) is 0 Å². The highest BCUT2D eigenvalue weighted by atomic mass is 19.3. The van der Waals surface area contributed by atoms with Gasteiger partial charge in [0.25, 0.3) is 5.92 Å². The van der Waals surface area contributed by atoms with E-state index in [1.165, 1.54) is 29.7 Å². The average molecular weight is 518 g/mol. The summed E-state index contributed by atoms with van der Waals surface area (Å²) in [6.07, 6.45) is 11.2. The number of alkyl halides is 2. The number of nitrogens with zero attached hydrogens (tertiary/aromatic N) is 5. The first-order valence-corrected chi connectivity index (χ1v) is 12.9. The van der Waals surface area contributed by atoms with Crippen molar-refractivity contribution >= 4 is 23.3 Å². The largest absolute Gasteiger partial charge is 0.354 e. The predicted octanol–water partition coefficient (Wildman–Crippen LogP) is 5.57. The van der Waals surface area contributed by atoms with E-state index in [9.17, 15) is 8.78 Å². The van der Waals surface area contributed by atoms with Crippen molar-refractivity contribution in [2.75, 3.05) is 26.2 Å². The van der Waals surface area contributed by atoms with Crippen LogP contribution in [0.3, 0.4) is 0 Å². The minimum Gasteiger partial charge on any atom is -0.354 e. The molecule has 0 spiro atoms. The van der Waals surface area contributed by atoms with Gasteiger partial charge in [0.2, 0.25) is 0 Å². The summed E-state index contributed by atoms with van der Waals surface area (Å²) < 4.78 is 26.7. The minimum atomic E-state index is -2.69. The van der Waals surface area contributed by atoms with Gasteiger partial charge in [-0.3, -0.25) is 15.0 Å². The molecule has 2 N–H and O–H groups in total. The number of allylic oxidation sites excluding steroid dienone is 2. The minimum absolute atomic E-state index is 0.364. The first-order valence-electron chi connectivity index (χ1n) is 12.9. The van der Waals surface area contributed by atoms with Crippen LogP contribution in [-0.4, -0.2) is 63.8 Å². The van der Waals surface area contributed by atoms with E-state index >= 15 is 0 Å². The number of pyridine rings is 1. The highest BCUT2D eigenvalue weighted by molar-refractivity contribution is 5.92. The van der Waals surface area contributed by atoms with E-state index in [0.29, 0.717) is 22.9 Å². The van der Waals surface area contributed by atoms with Gasteiger partial charge in [0.1, 0.15) is 11.5 Å². The van der Waals surface area contributed by atoms with Crippen LogP contribution in [0, 0.1) is 0 Å². The van der Waals surface area contributed by atoms with E-state index in [0.717, 1.165) is 41.7 Å². The number of hydrogen-bond acceptors (Lipinski definition) is 6. The molecule has 0 bridgehead atoms. The van der Waals surface area contributed by atoms with Crippen LogP contribution in [0.15, 0.2) is 71.9 Å². The molecule has 2 aliphatic rings. The van der Waals surface area contributed by atoms with Crippen LogP contribution in [0.2, 0.25) is 0 Å². The SMILES string of the molecule is C=N/C(=C\C(=C/C)NC(=C)c1n[nH]c2ccc(-c3cncc(CN4CCCCC4)c3)cc12)N1CC(F)(F)C1. The van der Waals surface area contributed by atoms with Crippen molar-refractivity contribution < 1.29 is 8.78 Å². The number of piperidine rings is 1. The van der Waals surface area contributed by atoms with Gasteiger partial charge in [0.05, 0.1) is 24.3 Å². The van der Waals surface area contributed by atoms with E-state index in [1.54, 1.807) is 6.08 Å². The van der Waals surface area contributed by atoms with Gasteiger partial charge in [-0.25, -0.2) is 13.8 Å². The van der Waals surface area contributed by atoms with Crippen molar-refractivity contribution in [3.8, 4) is 11.1 Å². The maximum atomic E-state index is 13.3. The maximum absolute atomic E-state index is 13.3. The molecule has 4 heterocycles. The summed E-state index contributed by atoms with van der Waals surface area (Å²) in [5.74, 6) is -2.30. The Morgan fingerprint density at radius 1 is 1.16 bits per heavy atom. The van der Waals surface area contributed by atoms with Crippen molar-refractivity contribution in [2.24, 2.45) is 4.99 Å². The number of aromatic amines is 1. The van der Waals surface area contributed by atoms with Crippen LogP contribution in [0.4, 0.5) is 8.78 Å². The molecular formula is C29H33F2N7. The molecule has 2 saturated heterocycles. The number of rotatable bonds is 9. The lowest BCUT2D eigenvalue weighted by molar-refractivity contribution is -0.116. The lowest BCUT2D eigenvalue weighted by Crippen LogP contribution is -2.55. The molecule has 198 valence electrons. The summed E-state index contributed by atoms with van der Waals surface area (Å²) in [6, 6.07) is 8.37. The quantitative estimate of drug-likeness (QED) is 0.287. The number of hydrogen-bond donors (Lipinski definition) is 2. The molecule has 2 aromatic heterocycles. The van der Waals surface area contributed by atoms with Crippen LogP contribution < -0.4 is 5.32 Å². The Bertz CT molecular complexity index is 1390. The molecule has 0 radical (unpaired) electrons. The van der Waals surface area contributed by atoms with Gasteiger partial charge in [-0.1, -0.05) is 25.1 Å². The molecule has 0 amide bonds. The highest BCUT2D eigenvalue weighted by Crippen LogP contribution is 2.31. The second-order valence-electron chi connectivity index (χ2n) is 9.97. The molecule has 2 fully saturated rings. The number of likely N-dealkylation sites (tertiary alicyclic amines) is 2. The number of aliphatic imine (C=N–C) groups is 1. The number of aromatic nitrogens is 3. The molecule has 0 aliphatic carbocycles. The molecular weight excluding hydrogens is 484 g/mol. The third-order valence-electron chi connectivity index (χ3n) is 7.05. The van der Waals surface area contributed by atoms with Crippen LogP contribution in [-0.2, 0) is 6.54 Å². The van der Waals surface area contributed by atoms with Crippen molar-refractivity contribution in [1.29, 1.82) is 0 Å². The van der Waals surface area contributed by atoms with Crippen molar-refractivity contribution in [1.82, 2.24) is 30.3 Å². The van der Waals surface area contributed by atoms with Crippen LogP contribution in [0.1, 0.15) is 37.4 Å². The summed E-state index contributed by atoms with van der Waals surface area (Å²) in [5, 5.41) is 11.7. The van der Waals surface area contributed by atoms with Gasteiger partial charge in [-0.2, -0.15) is 5.10 Å². The van der Waals surface area contributed by atoms with Gasteiger partial charge in [0, 0.05) is 41.7 Å². The average Bonchev–Trinajstić information content (AvgIpc) is 3.34. The van der Waals surface area contributed by atoms with Crippen molar-refractivity contribution in [2.45, 2.75) is 38.7 Å². The van der Waals surface area contributed by atoms with Crippen molar-refractivity contribution in [3.63, 3.8) is 0 Å². The monoisotopic (exact) mass is 517 g/mol. The fourth-order valence-electron chi connectivity index (χ4n) is 5.01. The summed E-state index contributed by atoms with van der Waals surface area (Å²) in [6.45, 7) is 12.0. The summed E-state index contributed by atoms with van der Waals surface area (Å²) >= 11 is 0. The standard InChI is InChI=1S/C29H33F2N7/c1-4-24(14-27(32-3)38-18-29(30,31)19-38)34-20(2)28-25-13-22(8-9-26(25)35-36-28)23-12-21(15-33-16-23)17-37-10-6-5-7-11-37/h4,8-9,12-16,34H,2-3,5-7,10-11,17-19H2,1H3,(H,35,36)/b24-4+,27-14+. The topological polar surface area (TPSA) is 72.4 Å². The van der Waals surface area contributed by atoms with E-state index in [-0.39, 0.29) is 13.1 Å². The molecule has 38 heavy (non-hydrogen) atoms. The lowest BCUT2D eigenvalue weighted by Gasteiger charge is -2.40. The second-order valence-corrected chi connectivity index (χ2v) is 9.97. The number of halogens is 2. The van der Waals surface area contributed by atoms with E-state index < -0.39 is 5.92 Å². The van der Waals surface area contributed by atoms with Gasteiger partial charge in [-0.15, -0.1) is 0 Å². The zero-order valence-electron chi connectivity index (χ0n) is 21.7. The number of fused-ring (bicyclic) bond motifs is 1. The molecule has 7 nitrogen and oxygen atoms in total. The Balaban J connectivity index is 1.34. The van der Waals surface area contributed by atoms with Gasteiger partial charge >= 0.3 is 0 Å². The van der Waals surface area contributed by atoms with Gasteiger partial charge in [-0.05, 0) is 68.9 Å². The molecule has 2 aliphatic heterocycles. The second kappa shape index (κ2) is 10.9. The van der Waals surface area contributed by atoms with Crippen LogP contribution >= 0.6 is 0 Å². The molecule has 1 aromatic carbocycles. The summed E-state index contributed by atoms with van der Waals surface area (Å²) in [4.78, 5) is 12.4. The zero-order valence-corrected chi connectivity index (χ0v) is 21.7. The fourth-order valence-corrected chi connectivity index (χ4v) is 5.01. The van der Waals surface area contributed by atoms with Crippen LogP contribution in [0.25, 0.3) is 27.7 Å². The first kappa shape index (κ1) is 25.8. The smallest absolute Gasteiger partial charge is 0.282 e. The van der Waals surface area contributed by atoms with Crippen molar-refractivity contribution in [3.05, 3.63) is 78.2 Å². The lowest BCUT2D eigenvalue weighted by atomic mass is 10.0. The third kappa shape index (κ3) is 5.67. The summed E-state index contributed by atoms with van der Waals surface area (Å²) in [7, 11) is 0. The Labute approximate surface area is 221 Å². The first-order chi connectivity index (χ1) is 18.3. The molecule has 3 aromatic rings. The van der Waals surface area contributed by atoms with Crippen LogP contribution in [0.5, 0.6) is 0 Å². The fraction of sp³-hybridized carbons (Fsp3) is 0.345. The molecule has 0 saturated carbocycles. The molecule has 5 rings (SSSR count). The normalized spacial score (nSPS) is 18.3. The summed E-state index contributed by atoms with van der Waals surface area (Å²) in [5.41, 5.74) is 6.11. The van der Waals surface area contributed by atoms with E-state index in [1.807, 2.05) is 31.5 Å². The van der Waals surface area contributed by atoms with Gasteiger partial charge < -0.3 is 10.2 Å². The number of H-pyrrole nitrogens is 1. The molecule has 9 heteroatoms. The molecule has 0 unspecified atom stereocenters. The number of nitrogens with one attached hydrogen (secondary N) is 2. The molecule has 0 atom stereocenters. The highest BCUT2D eigenvalue weighted by Gasteiger charge is 2.44. The number of benzene rings is 1.